The van der Waals surface area contributed by atoms with Crippen molar-refractivity contribution in [3.63, 3.8) is 0 Å². The first-order valence-corrected chi connectivity index (χ1v) is 13.0. The molecule has 1 saturated carbocycles. The molecule has 4 heterocycles. The zero-order valence-corrected chi connectivity index (χ0v) is 20.6. The van der Waals surface area contributed by atoms with Crippen LogP contribution in [0.2, 0.25) is 0 Å². The SMILES string of the molecule is CCc1nc2c(NC3CCC(N4CCOCC4)CC3)nc(Nc3cnn(C(C)C)c3)nc2s1. The molecule has 2 N–H and O–H groups in total. The highest BCUT2D eigenvalue weighted by Crippen LogP contribution is 2.31. The van der Waals surface area contributed by atoms with E-state index in [9.17, 15) is 0 Å². The summed E-state index contributed by atoms with van der Waals surface area (Å²) in [6.07, 6.45) is 9.41. The molecule has 0 spiro atoms. The highest BCUT2D eigenvalue weighted by Gasteiger charge is 2.28. The lowest BCUT2D eigenvalue weighted by atomic mass is 9.90. The lowest BCUT2D eigenvalue weighted by Gasteiger charge is -2.39. The van der Waals surface area contributed by atoms with Crippen LogP contribution in [0.3, 0.4) is 0 Å². The van der Waals surface area contributed by atoms with Gasteiger partial charge in [0, 0.05) is 37.4 Å². The molecule has 2 fully saturated rings. The quantitative estimate of drug-likeness (QED) is 0.530. The van der Waals surface area contributed by atoms with E-state index < -0.39 is 0 Å². The van der Waals surface area contributed by atoms with Gasteiger partial charge >= 0.3 is 0 Å². The molecule has 9 nitrogen and oxygen atoms in total. The number of aromatic nitrogens is 5. The standard InChI is InChI=1S/C23H34N8OS/c1-4-19-27-20-21(25-16-5-7-18(8-6-16)30-9-11-32-12-10-30)28-23(29-22(20)33-19)26-17-13-24-31(14-17)15(2)3/h13-16,18H,4-12H2,1-3H3,(H2,25,26,28,29). The number of ether oxygens (including phenoxy) is 1. The van der Waals surface area contributed by atoms with E-state index in [1.54, 1.807) is 11.3 Å². The lowest BCUT2D eigenvalue weighted by molar-refractivity contribution is 0.00791. The molecule has 3 aromatic rings. The Bertz CT molecular complexity index is 1070. The Labute approximate surface area is 199 Å². The number of rotatable bonds is 7. The van der Waals surface area contributed by atoms with Crippen molar-refractivity contribution in [2.24, 2.45) is 0 Å². The van der Waals surface area contributed by atoms with Crippen LogP contribution in [-0.4, -0.2) is 68.0 Å². The fraction of sp³-hybridized carbons (Fsp3) is 0.652. The number of anilines is 3. The lowest BCUT2D eigenvalue weighted by Crippen LogP contribution is -2.46. The van der Waals surface area contributed by atoms with Crippen LogP contribution in [0.4, 0.5) is 17.5 Å². The van der Waals surface area contributed by atoms with Crippen LogP contribution in [0.15, 0.2) is 12.4 Å². The Kier molecular flexibility index (Phi) is 6.75. The summed E-state index contributed by atoms with van der Waals surface area (Å²) in [6.45, 7) is 10.2. The first-order chi connectivity index (χ1) is 16.1. The number of hydrogen-bond acceptors (Lipinski definition) is 9. The van der Waals surface area contributed by atoms with Crippen molar-refractivity contribution in [1.29, 1.82) is 0 Å². The minimum Gasteiger partial charge on any atom is -0.379 e. The van der Waals surface area contributed by atoms with E-state index in [0.29, 0.717) is 24.1 Å². The minimum atomic E-state index is 0.308. The summed E-state index contributed by atoms with van der Waals surface area (Å²) in [5.41, 5.74) is 1.77. The van der Waals surface area contributed by atoms with Crippen LogP contribution in [0.5, 0.6) is 0 Å². The minimum absolute atomic E-state index is 0.308. The van der Waals surface area contributed by atoms with Gasteiger partial charge in [0.15, 0.2) is 10.6 Å². The molecule has 0 unspecified atom stereocenters. The van der Waals surface area contributed by atoms with Gasteiger partial charge in [0.1, 0.15) is 5.52 Å². The summed E-state index contributed by atoms with van der Waals surface area (Å²) in [6, 6.07) is 1.39. The van der Waals surface area contributed by atoms with Crippen LogP contribution >= 0.6 is 11.3 Å². The number of fused-ring (bicyclic) bond motifs is 1. The Morgan fingerprint density at radius 1 is 1.12 bits per heavy atom. The zero-order chi connectivity index (χ0) is 22.8. The summed E-state index contributed by atoms with van der Waals surface area (Å²) < 4.78 is 7.45. The molecule has 0 radical (unpaired) electrons. The highest BCUT2D eigenvalue weighted by molar-refractivity contribution is 7.18. The van der Waals surface area contributed by atoms with Crippen molar-refractivity contribution in [3.8, 4) is 0 Å². The molecular formula is C23H34N8OS. The van der Waals surface area contributed by atoms with Gasteiger partial charge in [0.05, 0.1) is 30.1 Å². The molecular weight excluding hydrogens is 436 g/mol. The molecule has 5 rings (SSSR count). The first-order valence-electron chi connectivity index (χ1n) is 12.2. The predicted molar refractivity (Wildman–Crippen MR) is 133 cm³/mol. The third-order valence-corrected chi connectivity index (χ3v) is 7.69. The molecule has 1 aliphatic heterocycles. The van der Waals surface area contributed by atoms with Gasteiger partial charge in [-0.15, -0.1) is 0 Å². The van der Waals surface area contributed by atoms with E-state index in [1.165, 1.54) is 12.8 Å². The van der Waals surface area contributed by atoms with E-state index in [2.05, 4.69) is 41.4 Å². The summed E-state index contributed by atoms with van der Waals surface area (Å²) in [5, 5.41) is 12.6. The highest BCUT2D eigenvalue weighted by atomic mass is 32.1. The van der Waals surface area contributed by atoms with Crippen LogP contribution in [-0.2, 0) is 11.2 Å². The predicted octanol–water partition coefficient (Wildman–Crippen LogP) is 4.23. The fourth-order valence-corrected chi connectivity index (χ4v) is 5.58. The molecule has 33 heavy (non-hydrogen) atoms. The molecule has 0 aromatic carbocycles. The average Bonchev–Trinajstić information content (AvgIpc) is 3.47. The van der Waals surface area contributed by atoms with Gasteiger partial charge in [-0.05, 0) is 46.0 Å². The smallest absolute Gasteiger partial charge is 0.230 e. The van der Waals surface area contributed by atoms with E-state index in [0.717, 1.165) is 72.4 Å². The van der Waals surface area contributed by atoms with Crippen LogP contribution in [0.1, 0.15) is 57.5 Å². The number of nitrogens with one attached hydrogen (secondary N) is 2. The van der Waals surface area contributed by atoms with Crippen molar-refractivity contribution in [1.82, 2.24) is 29.6 Å². The van der Waals surface area contributed by atoms with Gasteiger partial charge in [-0.3, -0.25) is 9.58 Å². The van der Waals surface area contributed by atoms with Crippen LogP contribution in [0, 0.1) is 0 Å². The maximum absolute atomic E-state index is 5.52. The number of nitrogens with zero attached hydrogens (tertiary/aromatic N) is 6. The second-order valence-electron chi connectivity index (χ2n) is 9.24. The summed E-state index contributed by atoms with van der Waals surface area (Å²) in [5.74, 6) is 1.42. The van der Waals surface area contributed by atoms with Gasteiger partial charge in [-0.1, -0.05) is 18.3 Å². The van der Waals surface area contributed by atoms with E-state index >= 15 is 0 Å². The average molecular weight is 471 g/mol. The fourth-order valence-electron chi connectivity index (χ4n) is 4.71. The Balaban J connectivity index is 1.32. The summed E-state index contributed by atoms with van der Waals surface area (Å²) in [7, 11) is 0. The third-order valence-electron chi connectivity index (χ3n) is 6.59. The van der Waals surface area contributed by atoms with E-state index in [4.69, 9.17) is 19.7 Å². The van der Waals surface area contributed by atoms with Crippen molar-refractivity contribution < 1.29 is 4.74 Å². The zero-order valence-electron chi connectivity index (χ0n) is 19.8. The van der Waals surface area contributed by atoms with Gasteiger partial charge in [-0.2, -0.15) is 15.1 Å². The number of thiazole rings is 1. The van der Waals surface area contributed by atoms with Gasteiger partial charge in [-0.25, -0.2) is 4.98 Å². The molecule has 0 amide bonds. The molecule has 0 atom stereocenters. The van der Waals surface area contributed by atoms with Crippen LogP contribution in [0.25, 0.3) is 10.3 Å². The third kappa shape index (κ3) is 5.12. The Morgan fingerprint density at radius 2 is 1.91 bits per heavy atom. The van der Waals surface area contributed by atoms with Crippen molar-refractivity contribution in [2.45, 2.75) is 71.0 Å². The van der Waals surface area contributed by atoms with Gasteiger partial charge < -0.3 is 15.4 Å². The van der Waals surface area contributed by atoms with Crippen molar-refractivity contribution in [3.05, 3.63) is 17.4 Å². The van der Waals surface area contributed by atoms with Crippen LogP contribution < -0.4 is 10.6 Å². The summed E-state index contributed by atoms with van der Waals surface area (Å²) in [4.78, 5) is 18.0. The maximum atomic E-state index is 5.52. The molecule has 178 valence electrons. The Morgan fingerprint density at radius 3 is 2.61 bits per heavy atom. The molecule has 10 heteroatoms. The van der Waals surface area contributed by atoms with E-state index in [-0.39, 0.29) is 0 Å². The molecule has 3 aromatic heterocycles. The van der Waals surface area contributed by atoms with Gasteiger partial charge in [0.2, 0.25) is 5.95 Å². The van der Waals surface area contributed by atoms with Crippen molar-refractivity contribution in [2.75, 3.05) is 36.9 Å². The second-order valence-corrected chi connectivity index (χ2v) is 10.3. The number of morpholine rings is 1. The van der Waals surface area contributed by atoms with Gasteiger partial charge in [0.25, 0.3) is 0 Å². The first kappa shape index (κ1) is 22.5. The van der Waals surface area contributed by atoms with E-state index in [1.807, 2.05) is 17.1 Å². The monoisotopic (exact) mass is 470 g/mol. The second kappa shape index (κ2) is 9.90. The molecule has 2 aliphatic rings. The van der Waals surface area contributed by atoms with Crippen molar-refractivity contribution >= 4 is 39.1 Å². The normalized spacial score (nSPS) is 22.2. The number of aryl methyl sites for hydroxylation is 1. The largest absolute Gasteiger partial charge is 0.379 e. The number of hydrogen-bond donors (Lipinski definition) is 2. The molecule has 1 saturated heterocycles. The Hall–Kier alpha value is -2.30. The topological polar surface area (TPSA) is 93.0 Å². The molecule has 1 aliphatic carbocycles. The maximum Gasteiger partial charge on any atom is 0.230 e. The molecule has 0 bridgehead atoms. The summed E-state index contributed by atoms with van der Waals surface area (Å²) >= 11 is 1.65.